The Kier molecular flexibility index (Phi) is 2.64. The second kappa shape index (κ2) is 4.42. The highest BCUT2D eigenvalue weighted by atomic mass is 16.3. The van der Waals surface area contributed by atoms with E-state index >= 15 is 0 Å². The fourth-order valence-corrected chi connectivity index (χ4v) is 3.92. The quantitative estimate of drug-likeness (QED) is 0.794. The molecule has 0 radical (unpaired) electrons. The molecule has 0 unspecified atom stereocenters. The van der Waals surface area contributed by atoms with Gasteiger partial charge in [-0.3, -0.25) is 9.59 Å². The van der Waals surface area contributed by atoms with Gasteiger partial charge in [-0.05, 0) is 36.1 Å². The van der Waals surface area contributed by atoms with Crippen LogP contribution in [0.15, 0.2) is 47.1 Å². The summed E-state index contributed by atoms with van der Waals surface area (Å²) in [6.45, 7) is 0. The van der Waals surface area contributed by atoms with Gasteiger partial charge in [0.05, 0.1) is 11.7 Å². The molecule has 2 aromatic rings. The highest BCUT2D eigenvalue weighted by Gasteiger charge is 2.54. The third-order valence-electron chi connectivity index (χ3n) is 4.96. The van der Waals surface area contributed by atoms with Crippen molar-refractivity contribution in [2.45, 2.75) is 31.6 Å². The first-order chi connectivity index (χ1) is 10.2. The second-order valence-corrected chi connectivity index (χ2v) is 6.09. The molecule has 1 aromatic carbocycles. The SMILES string of the molecule is O=C1CC[C@@H]2C(=O)[C@@]1(Cc1ccco1)Cc1ccccc12. The zero-order valence-electron chi connectivity index (χ0n) is 11.7. The van der Waals surface area contributed by atoms with Crippen molar-refractivity contribution >= 4 is 11.6 Å². The van der Waals surface area contributed by atoms with E-state index in [0.717, 1.165) is 16.9 Å². The fourth-order valence-electron chi connectivity index (χ4n) is 3.92. The fraction of sp³-hybridized carbons (Fsp3) is 0.333. The Hall–Kier alpha value is -2.16. The monoisotopic (exact) mass is 280 g/mol. The van der Waals surface area contributed by atoms with Gasteiger partial charge in [-0.1, -0.05) is 24.3 Å². The molecule has 21 heavy (non-hydrogen) atoms. The summed E-state index contributed by atoms with van der Waals surface area (Å²) >= 11 is 0. The van der Waals surface area contributed by atoms with Gasteiger partial charge in [-0.15, -0.1) is 0 Å². The Morgan fingerprint density at radius 3 is 2.81 bits per heavy atom. The number of carbonyl (C=O) groups excluding carboxylic acids is 2. The lowest BCUT2D eigenvalue weighted by molar-refractivity contribution is -0.146. The molecule has 106 valence electrons. The summed E-state index contributed by atoms with van der Waals surface area (Å²) in [5.74, 6) is 0.767. The average molecular weight is 280 g/mol. The number of hydrogen-bond acceptors (Lipinski definition) is 3. The van der Waals surface area contributed by atoms with Crippen LogP contribution in [0.25, 0.3) is 0 Å². The zero-order chi connectivity index (χ0) is 14.4. The van der Waals surface area contributed by atoms with Crippen LogP contribution in [0.3, 0.4) is 0 Å². The topological polar surface area (TPSA) is 47.3 Å². The maximum Gasteiger partial charge on any atom is 0.154 e. The van der Waals surface area contributed by atoms with E-state index in [0.29, 0.717) is 25.7 Å². The minimum Gasteiger partial charge on any atom is -0.469 e. The van der Waals surface area contributed by atoms with Crippen LogP contribution < -0.4 is 0 Å². The first kappa shape index (κ1) is 12.6. The van der Waals surface area contributed by atoms with Crippen molar-refractivity contribution in [2.75, 3.05) is 0 Å². The third kappa shape index (κ3) is 1.73. The van der Waals surface area contributed by atoms with Crippen LogP contribution >= 0.6 is 0 Å². The van der Waals surface area contributed by atoms with Crippen molar-refractivity contribution in [3.63, 3.8) is 0 Å². The van der Waals surface area contributed by atoms with Gasteiger partial charge in [0.25, 0.3) is 0 Å². The van der Waals surface area contributed by atoms with Gasteiger partial charge in [0.1, 0.15) is 11.5 Å². The van der Waals surface area contributed by atoms with Crippen LogP contribution in [-0.4, -0.2) is 11.6 Å². The van der Waals surface area contributed by atoms with E-state index in [2.05, 4.69) is 0 Å². The first-order valence-corrected chi connectivity index (χ1v) is 7.38. The minimum atomic E-state index is -0.908. The summed E-state index contributed by atoms with van der Waals surface area (Å²) < 4.78 is 5.40. The number of Topliss-reactive ketones (excluding diaryl/α,β-unsaturated/α-hetero) is 2. The maximum absolute atomic E-state index is 13.0. The molecule has 2 bridgehead atoms. The molecule has 2 aliphatic rings. The van der Waals surface area contributed by atoms with Crippen molar-refractivity contribution in [3.8, 4) is 0 Å². The predicted molar refractivity (Wildman–Crippen MR) is 77.0 cm³/mol. The van der Waals surface area contributed by atoms with Gasteiger partial charge in [0.15, 0.2) is 5.78 Å². The lowest BCUT2D eigenvalue weighted by Crippen LogP contribution is -2.51. The van der Waals surface area contributed by atoms with Gasteiger partial charge in [0, 0.05) is 18.8 Å². The molecule has 1 saturated carbocycles. The third-order valence-corrected chi connectivity index (χ3v) is 4.96. The highest BCUT2D eigenvalue weighted by molar-refractivity contribution is 6.13. The lowest BCUT2D eigenvalue weighted by atomic mass is 9.57. The van der Waals surface area contributed by atoms with E-state index in [9.17, 15) is 9.59 Å². The Balaban J connectivity index is 1.84. The Morgan fingerprint density at radius 1 is 1.14 bits per heavy atom. The van der Waals surface area contributed by atoms with Crippen LogP contribution in [0.4, 0.5) is 0 Å². The molecule has 0 saturated heterocycles. The summed E-state index contributed by atoms with van der Waals surface area (Å²) in [5, 5.41) is 0. The van der Waals surface area contributed by atoms with Crippen molar-refractivity contribution < 1.29 is 14.0 Å². The number of ketones is 2. The Morgan fingerprint density at radius 2 is 2.00 bits per heavy atom. The summed E-state index contributed by atoms with van der Waals surface area (Å²) in [6, 6.07) is 11.7. The van der Waals surface area contributed by atoms with Gasteiger partial charge in [0.2, 0.25) is 0 Å². The number of fused-ring (bicyclic) bond motifs is 4. The van der Waals surface area contributed by atoms with Gasteiger partial charge >= 0.3 is 0 Å². The predicted octanol–water partition coefficient (Wildman–Crippen LogP) is 3.08. The Labute approximate surface area is 123 Å². The molecule has 2 atom stereocenters. The molecule has 2 aliphatic carbocycles. The summed E-state index contributed by atoms with van der Waals surface area (Å²) in [5.41, 5.74) is 1.35. The summed E-state index contributed by atoms with van der Waals surface area (Å²) in [6.07, 6.45) is 3.64. The molecule has 3 nitrogen and oxygen atoms in total. The largest absolute Gasteiger partial charge is 0.469 e. The van der Waals surface area contributed by atoms with Crippen molar-refractivity contribution in [1.29, 1.82) is 0 Å². The molecule has 0 spiro atoms. The average Bonchev–Trinajstić information content (AvgIpc) is 2.98. The van der Waals surface area contributed by atoms with Crippen LogP contribution in [0.2, 0.25) is 0 Å². The smallest absolute Gasteiger partial charge is 0.154 e. The normalized spacial score (nSPS) is 27.5. The van der Waals surface area contributed by atoms with Crippen LogP contribution in [0, 0.1) is 5.41 Å². The van der Waals surface area contributed by atoms with Crippen LogP contribution in [0.1, 0.15) is 35.6 Å². The van der Waals surface area contributed by atoms with Gasteiger partial charge in [-0.2, -0.15) is 0 Å². The maximum atomic E-state index is 13.0. The molecular formula is C18H16O3. The van der Waals surface area contributed by atoms with E-state index < -0.39 is 5.41 Å². The molecule has 1 aromatic heterocycles. The van der Waals surface area contributed by atoms with E-state index in [1.54, 1.807) is 12.3 Å². The first-order valence-electron chi connectivity index (χ1n) is 7.38. The molecule has 0 amide bonds. The number of carbonyl (C=O) groups is 2. The van der Waals surface area contributed by atoms with Gasteiger partial charge in [-0.25, -0.2) is 0 Å². The molecule has 3 heteroatoms. The van der Waals surface area contributed by atoms with Crippen molar-refractivity contribution in [1.82, 2.24) is 0 Å². The zero-order valence-corrected chi connectivity index (χ0v) is 11.7. The van der Waals surface area contributed by atoms with Crippen LogP contribution in [0.5, 0.6) is 0 Å². The number of hydrogen-bond donors (Lipinski definition) is 0. The molecule has 0 aliphatic heterocycles. The van der Waals surface area contributed by atoms with Crippen molar-refractivity contribution in [3.05, 3.63) is 59.5 Å². The number of furan rings is 1. The van der Waals surface area contributed by atoms with E-state index in [1.807, 2.05) is 30.3 Å². The molecular weight excluding hydrogens is 264 g/mol. The minimum absolute atomic E-state index is 0.0784. The molecule has 1 fully saturated rings. The molecule has 1 heterocycles. The number of benzene rings is 1. The Bertz CT molecular complexity index is 714. The van der Waals surface area contributed by atoms with Crippen molar-refractivity contribution in [2.24, 2.45) is 5.41 Å². The van der Waals surface area contributed by atoms with E-state index in [4.69, 9.17) is 4.42 Å². The van der Waals surface area contributed by atoms with Crippen LogP contribution in [-0.2, 0) is 22.4 Å². The van der Waals surface area contributed by atoms with E-state index in [-0.39, 0.29) is 17.5 Å². The summed E-state index contributed by atoms with van der Waals surface area (Å²) in [7, 11) is 0. The second-order valence-electron chi connectivity index (χ2n) is 6.09. The highest BCUT2D eigenvalue weighted by Crippen LogP contribution is 2.48. The van der Waals surface area contributed by atoms with Gasteiger partial charge < -0.3 is 4.42 Å². The molecule has 0 N–H and O–H groups in total. The standard InChI is InChI=1S/C18H16O3/c19-16-8-7-15-14-6-2-1-4-12(14)10-18(16,17(15)20)11-13-5-3-9-21-13/h1-6,9,15H,7-8,10-11H2/t15-,18+/m0/s1. The number of rotatable bonds is 2. The molecule has 4 rings (SSSR count). The lowest BCUT2D eigenvalue weighted by Gasteiger charge is -2.42. The van der Waals surface area contributed by atoms with E-state index in [1.165, 1.54) is 0 Å². The summed E-state index contributed by atoms with van der Waals surface area (Å²) in [4.78, 5) is 25.6.